The van der Waals surface area contributed by atoms with Gasteiger partial charge in [-0.2, -0.15) is 0 Å². The van der Waals surface area contributed by atoms with Gasteiger partial charge in [-0.3, -0.25) is 0 Å². The van der Waals surface area contributed by atoms with Gasteiger partial charge >= 0.3 is 0 Å². The van der Waals surface area contributed by atoms with Crippen molar-refractivity contribution in [1.29, 1.82) is 0 Å². The smallest absolute Gasteiger partial charge is 0.208 e. The Morgan fingerprint density at radius 3 is 2.65 bits per heavy atom. The molecule has 0 radical (unpaired) electrons. The molecule has 0 spiro atoms. The zero-order chi connectivity index (χ0) is 12.4. The Labute approximate surface area is 108 Å². The maximum absolute atomic E-state index is 5.72. The van der Waals surface area contributed by atoms with Gasteiger partial charge in [0.2, 0.25) is 5.13 Å². The fourth-order valence-corrected chi connectivity index (χ4v) is 2.85. The highest BCUT2D eigenvalue weighted by molar-refractivity contribution is 8.01. The first-order valence-electron chi connectivity index (χ1n) is 4.98. The molecular formula is C10H13N5S2. The summed E-state index contributed by atoms with van der Waals surface area (Å²) >= 11 is 3.04. The summed E-state index contributed by atoms with van der Waals surface area (Å²) in [5.74, 6) is 0. The maximum Gasteiger partial charge on any atom is 0.208 e. The van der Waals surface area contributed by atoms with Crippen molar-refractivity contribution in [3.8, 4) is 0 Å². The molecule has 0 saturated heterocycles. The van der Waals surface area contributed by atoms with E-state index >= 15 is 0 Å². The van der Waals surface area contributed by atoms with E-state index in [2.05, 4.69) is 15.2 Å². The van der Waals surface area contributed by atoms with Gasteiger partial charge in [0.05, 0.1) is 11.4 Å². The zero-order valence-corrected chi connectivity index (χ0v) is 11.5. The van der Waals surface area contributed by atoms with Gasteiger partial charge in [0, 0.05) is 14.1 Å². The Bertz CT molecular complexity index is 523. The summed E-state index contributed by atoms with van der Waals surface area (Å²) in [7, 11) is 3.89. The van der Waals surface area contributed by atoms with Gasteiger partial charge in [-0.05, 0) is 30.8 Å². The average molecular weight is 267 g/mol. The molecule has 0 fully saturated rings. The third-order valence-electron chi connectivity index (χ3n) is 2.07. The molecule has 0 aliphatic heterocycles. The molecule has 2 N–H and O–H groups in total. The van der Waals surface area contributed by atoms with Crippen LogP contribution in [0, 0.1) is 6.92 Å². The number of aryl methyl sites for hydroxylation is 1. The zero-order valence-electron chi connectivity index (χ0n) is 9.84. The topological polar surface area (TPSA) is 67.9 Å². The van der Waals surface area contributed by atoms with E-state index in [0.29, 0.717) is 5.69 Å². The van der Waals surface area contributed by atoms with Crippen molar-refractivity contribution >= 4 is 33.9 Å². The number of aromatic nitrogens is 3. The quantitative estimate of drug-likeness (QED) is 0.918. The molecule has 17 heavy (non-hydrogen) atoms. The molecule has 90 valence electrons. The third-order valence-corrected chi connectivity index (χ3v) is 4.15. The number of nitrogens with zero attached hydrogens (tertiary/aromatic N) is 4. The van der Waals surface area contributed by atoms with Crippen LogP contribution >= 0.6 is 23.1 Å². The molecule has 0 amide bonds. The fraction of sp³-hybridized carbons (Fsp3) is 0.300. The number of anilines is 2. The molecule has 0 aromatic carbocycles. The van der Waals surface area contributed by atoms with Crippen molar-refractivity contribution < 1.29 is 0 Å². The molecule has 0 bridgehead atoms. The van der Waals surface area contributed by atoms with E-state index in [1.165, 1.54) is 11.8 Å². The Morgan fingerprint density at radius 1 is 1.29 bits per heavy atom. The number of pyridine rings is 1. The van der Waals surface area contributed by atoms with Crippen molar-refractivity contribution in [2.45, 2.75) is 16.3 Å². The normalized spacial score (nSPS) is 10.5. The lowest BCUT2D eigenvalue weighted by Gasteiger charge is -2.04. The number of nitrogen functional groups attached to an aromatic ring is 1. The standard InChI is InChI=1S/C10H13N5S2/c1-6-7(11)4-5-8(12-6)16-10-14-13-9(17-10)15(2)3/h4-5H,11H2,1-3H3. The van der Waals surface area contributed by atoms with Crippen LogP contribution in [0.2, 0.25) is 0 Å². The highest BCUT2D eigenvalue weighted by Gasteiger charge is 2.08. The van der Waals surface area contributed by atoms with Gasteiger partial charge in [0.15, 0.2) is 4.34 Å². The second-order valence-electron chi connectivity index (χ2n) is 3.67. The van der Waals surface area contributed by atoms with E-state index in [9.17, 15) is 0 Å². The van der Waals surface area contributed by atoms with E-state index in [-0.39, 0.29) is 0 Å². The predicted octanol–water partition coefficient (Wildman–Crippen LogP) is 2.04. The summed E-state index contributed by atoms with van der Waals surface area (Å²) in [5, 5.41) is 9.95. The summed E-state index contributed by atoms with van der Waals surface area (Å²) in [6.45, 7) is 1.89. The van der Waals surface area contributed by atoms with Crippen LogP contribution in [-0.4, -0.2) is 29.3 Å². The average Bonchev–Trinajstić information content (AvgIpc) is 2.72. The van der Waals surface area contributed by atoms with E-state index in [1.54, 1.807) is 11.3 Å². The van der Waals surface area contributed by atoms with E-state index in [4.69, 9.17) is 5.73 Å². The lowest BCUT2D eigenvalue weighted by atomic mass is 10.3. The Kier molecular flexibility index (Phi) is 3.49. The number of hydrogen-bond acceptors (Lipinski definition) is 7. The molecule has 0 atom stereocenters. The molecule has 2 rings (SSSR count). The summed E-state index contributed by atoms with van der Waals surface area (Å²) in [4.78, 5) is 6.32. The van der Waals surface area contributed by atoms with Gasteiger partial charge in [-0.25, -0.2) is 4.98 Å². The van der Waals surface area contributed by atoms with Crippen LogP contribution in [0.1, 0.15) is 5.69 Å². The van der Waals surface area contributed by atoms with Crippen LogP contribution in [0.3, 0.4) is 0 Å². The van der Waals surface area contributed by atoms with Crippen molar-refractivity contribution in [2.24, 2.45) is 0 Å². The molecule has 2 aromatic rings. The minimum Gasteiger partial charge on any atom is -0.397 e. The van der Waals surface area contributed by atoms with Gasteiger partial charge in [-0.15, -0.1) is 10.2 Å². The molecule has 2 aromatic heterocycles. The van der Waals surface area contributed by atoms with Crippen molar-refractivity contribution in [3.63, 3.8) is 0 Å². The van der Waals surface area contributed by atoms with Crippen LogP contribution in [0.4, 0.5) is 10.8 Å². The summed E-state index contributed by atoms with van der Waals surface area (Å²) in [5.41, 5.74) is 7.27. The van der Waals surface area contributed by atoms with Crippen molar-refractivity contribution in [1.82, 2.24) is 15.2 Å². The predicted molar refractivity (Wildman–Crippen MR) is 71.7 cm³/mol. The molecule has 0 aliphatic rings. The van der Waals surface area contributed by atoms with Crippen LogP contribution in [-0.2, 0) is 0 Å². The molecule has 7 heteroatoms. The summed E-state index contributed by atoms with van der Waals surface area (Å²) < 4.78 is 0.880. The Hall–Kier alpha value is -1.34. The SMILES string of the molecule is Cc1nc(Sc2nnc(N(C)C)s2)ccc1N. The van der Waals surface area contributed by atoms with Crippen LogP contribution in [0.5, 0.6) is 0 Å². The number of nitrogens with two attached hydrogens (primary N) is 1. The molecule has 5 nitrogen and oxygen atoms in total. The van der Waals surface area contributed by atoms with Gasteiger partial charge in [0.1, 0.15) is 5.03 Å². The summed E-state index contributed by atoms with van der Waals surface area (Å²) in [6, 6.07) is 3.75. The molecule has 0 unspecified atom stereocenters. The van der Waals surface area contributed by atoms with E-state index in [0.717, 1.165) is 20.2 Å². The minimum atomic E-state index is 0.709. The fourth-order valence-electron chi connectivity index (χ4n) is 1.12. The lowest BCUT2D eigenvalue weighted by molar-refractivity contribution is 0.969. The van der Waals surface area contributed by atoms with Crippen LogP contribution < -0.4 is 10.6 Å². The minimum absolute atomic E-state index is 0.709. The maximum atomic E-state index is 5.72. The van der Waals surface area contributed by atoms with E-state index < -0.39 is 0 Å². The first kappa shape index (κ1) is 12.1. The van der Waals surface area contributed by atoms with Crippen LogP contribution in [0.25, 0.3) is 0 Å². The third kappa shape index (κ3) is 2.86. The van der Waals surface area contributed by atoms with Gasteiger partial charge < -0.3 is 10.6 Å². The first-order chi connectivity index (χ1) is 8.06. The molecular weight excluding hydrogens is 254 g/mol. The largest absolute Gasteiger partial charge is 0.397 e. The number of rotatable bonds is 3. The first-order valence-corrected chi connectivity index (χ1v) is 6.61. The number of hydrogen-bond donors (Lipinski definition) is 1. The van der Waals surface area contributed by atoms with Crippen LogP contribution in [0.15, 0.2) is 21.5 Å². The molecule has 2 heterocycles. The summed E-state index contributed by atoms with van der Waals surface area (Å²) in [6.07, 6.45) is 0. The second-order valence-corrected chi connectivity index (χ2v) is 5.89. The Morgan fingerprint density at radius 2 is 2.06 bits per heavy atom. The highest BCUT2D eigenvalue weighted by atomic mass is 32.2. The lowest BCUT2D eigenvalue weighted by Crippen LogP contribution is -2.07. The molecule has 0 saturated carbocycles. The second kappa shape index (κ2) is 4.89. The van der Waals surface area contributed by atoms with Gasteiger partial charge in [-0.1, -0.05) is 11.3 Å². The van der Waals surface area contributed by atoms with E-state index in [1.807, 2.05) is 38.1 Å². The molecule has 0 aliphatic carbocycles. The monoisotopic (exact) mass is 267 g/mol. The highest BCUT2D eigenvalue weighted by Crippen LogP contribution is 2.32. The van der Waals surface area contributed by atoms with Crippen molar-refractivity contribution in [2.75, 3.05) is 24.7 Å². The Balaban J connectivity index is 2.16. The van der Waals surface area contributed by atoms with Gasteiger partial charge in [0.25, 0.3) is 0 Å². The van der Waals surface area contributed by atoms with Crippen molar-refractivity contribution in [3.05, 3.63) is 17.8 Å².